The lowest BCUT2D eigenvalue weighted by Crippen LogP contribution is -2.23. The first-order valence-electron chi connectivity index (χ1n) is 7.64. The van der Waals surface area contributed by atoms with Crippen LogP contribution in [-0.4, -0.2) is 26.2 Å². The van der Waals surface area contributed by atoms with Crippen molar-refractivity contribution in [3.05, 3.63) is 34.3 Å². The Morgan fingerprint density at radius 3 is 2.52 bits per heavy atom. The number of nitrogens with zero attached hydrogens (tertiary/aromatic N) is 4. The van der Waals surface area contributed by atoms with Crippen LogP contribution < -0.4 is 0 Å². The zero-order valence-corrected chi connectivity index (χ0v) is 13.6. The Hall–Kier alpha value is -1.62. The number of rotatable bonds is 3. The van der Waals surface area contributed by atoms with Crippen LogP contribution in [0.25, 0.3) is 0 Å². The van der Waals surface area contributed by atoms with Crippen LogP contribution in [0, 0.1) is 27.7 Å². The van der Waals surface area contributed by atoms with Crippen molar-refractivity contribution in [2.45, 2.75) is 53.1 Å². The monoisotopic (exact) mass is 288 g/mol. The molecule has 114 valence electrons. The van der Waals surface area contributed by atoms with Crippen LogP contribution in [0.5, 0.6) is 0 Å². The quantitative estimate of drug-likeness (QED) is 0.871. The maximum atomic E-state index is 5.75. The fourth-order valence-corrected chi connectivity index (χ4v) is 3.40. The zero-order valence-electron chi connectivity index (χ0n) is 13.6. The Morgan fingerprint density at radius 1 is 1.19 bits per heavy atom. The summed E-state index contributed by atoms with van der Waals surface area (Å²) in [6.07, 6.45) is 2.41. The van der Waals surface area contributed by atoms with Crippen LogP contribution in [0.2, 0.25) is 0 Å². The van der Waals surface area contributed by atoms with E-state index >= 15 is 0 Å². The van der Waals surface area contributed by atoms with Crippen LogP contribution >= 0.6 is 0 Å². The number of likely N-dealkylation sites (tertiary alicyclic amines) is 1. The van der Waals surface area contributed by atoms with Crippen molar-refractivity contribution in [1.82, 2.24) is 19.7 Å². The van der Waals surface area contributed by atoms with E-state index in [1.807, 2.05) is 25.6 Å². The first kappa shape index (κ1) is 14.3. The minimum absolute atomic E-state index is 0.436. The summed E-state index contributed by atoms with van der Waals surface area (Å²) >= 11 is 0. The topological polar surface area (TPSA) is 47.1 Å². The molecule has 3 heterocycles. The Bertz CT molecular complexity index is 636. The molecule has 0 radical (unpaired) electrons. The van der Waals surface area contributed by atoms with Gasteiger partial charge in [0.2, 0.25) is 5.89 Å². The summed E-state index contributed by atoms with van der Waals surface area (Å²) in [6.45, 7) is 10.1. The van der Waals surface area contributed by atoms with E-state index in [1.165, 1.54) is 24.1 Å². The molecule has 0 unspecified atom stereocenters. The summed E-state index contributed by atoms with van der Waals surface area (Å²) in [6, 6.07) is 0.436. The van der Waals surface area contributed by atoms with Gasteiger partial charge in [0, 0.05) is 24.3 Å². The number of oxazole rings is 1. The maximum absolute atomic E-state index is 5.75. The summed E-state index contributed by atoms with van der Waals surface area (Å²) in [4.78, 5) is 7.00. The average molecular weight is 288 g/mol. The predicted molar refractivity (Wildman–Crippen MR) is 81.0 cm³/mol. The third-order valence-electron chi connectivity index (χ3n) is 4.67. The molecule has 1 aliphatic heterocycles. The van der Waals surface area contributed by atoms with Crippen molar-refractivity contribution in [2.24, 2.45) is 7.05 Å². The third-order valence-corrected chi connectivity index (χ3v) is 4.67. The molecule has 2 aromatic rings. The molecule has 3 rings (SSSR count). The highest BCUT2D eigenvalue weighted by Crippen LogP contribution is 2.36. The van der Waals surface area contributed by atoms with Gasteiger partial charge in [-0.2, -0.15) is 5.10 Å². The van der Waals surface area contributed by atoms with Crippen molar-refractivity contribution < 1.29 is 4.42 Å². The molecule has 0 N–H and O–H groups in total. The van der Waals surface area contributed by atoms with Gasteiger partial charge in [-0.15, -0.1) is 0 Å². The molecule has 21 heavy (non-hydrogen) atoms. The molecule has 1 fully saturated rings. The molecule has 0 saturated carbocycles. The first-order chi connectivity index (χ1) is 9.97. The Labute approximate surface area is 126 Å². The highest BCUT2D eigenvalue weighted by Gasteiger charge is 2.31. The van der Waals surface area contributed by atoms with E-state index in [0.29, 0.717) is 6.04 Å². The highest BCUT2D eigenvalue weighted by molar-refractivity contribution is 5.29. The van der Waals surface area contributed by atoms with Crippen LogP contribution in [0.4, 0.5) is 0 Å². The Morgan fingerprint density at radius 2 is 1.95 bits per heavy atom. The van der Waals surface area contributed by atoms with Crippen molar-refractivity contribution in [3.8, 4) is 0 Å². The van der Waals surface area contributed by atoms with Gasteiger partial charge in [-0.1, -0.05) is 0 Å². The minimum atomic E-state index is 0.436. The van der Waals surface area contributed by atoms with Crippen LogP contribution in [0.3, 0.4) is 0 Å². The van der Waals surface area contributed by atoms with E-state index in [-0.39, 0.29) is 0 Å². The second-order valence-corrected chi connectivity index (χ2v) is 6.09. The molecule has 1 saturated heterocycles. The largest absolute Gasteiger partial charge is 0.444 e. The van der Waals surface area contributed by atoms with Crippen molar-refractivity contribution >= 4 is 0 Å². The van der Waals surface area contributed by atoms with E-state index in [1.54, 1.807) is 0 Å². The van der Waals surface area contributed by atoms with Gasteiger partial charge in [0.05, 0.1) is 17.9 Å². The first-order valence-corrected chi connectivity index (χ1v) is 7.64. The Kier molecular flexibility index (Phi) is 3.61. The van der Waals surface area contributed by atoms with E-state index in [2.05, 4.69) is 28.8 Å². The molecule has 5 nitrogen and oxygen atoms in total. The average Bonchev–Trinajstić information content (AvgIpc) is 3.04. The number of hydrogen-bond donors (Lipinski definition) is 0. The molecule has 0 spiro atoms. The highest BCUT2D eigenvalue weighted by atomic mass is 16.4. The Balaban J connectivity index is 1.85. The minimum Gasteiger partial charge on any atom is -0.444 e. The second-order valence-electron chi connectivity index (χ2n) is 6.09. The molecule has 0 aliphatic carbocycles. The molecular weight excluding hydrogens is 264 g/mol. The van der Waals surface area contributed by atoms with Gasteiger partial charge in [0.25, 0.3) is 0 Å². The SMILES string of the molecule is Cc1nc(CN2CCC[C@@H]2c2c(C)nn(C)c2C)oc1C. The summed E-state index contributed by atoms with van der Waals surface area (Å²) < 4.78 is 7.74. The molecule has 0 aromatic carbocycles. The normalized spacial score (nSPS) is 19.6. The van der Waals surface area contributed by atoms with Crippen LogP contribution in [0.15, 0.2) is 4.42 Å². The van der Waals surface area contributed by atoms with Gasteiger partial charge < -0.3 is 4.42 Å². The van der Waals surface area contributed by atoms with Crippen LogP contribution in [-0.2, 0) is 13.6 Å². The van der Waals surface area contributed by atoms with Gasteiger partial charge in [0.1, 0.15) is 5.76 Å². The fourth-order valence-electron chi connectivity index (χ4n) is 3.40. The van der Waals surface area contributed by atoms with Gasteiger partial charge >= 0.3 is 0 Å². The molecule has 0 bridgehead atoms. The summed E-state index contributed by atoms with van der Waals surface area (Å²) in [5.41, 5.74) is 4.79. The smallest absolute Gasteiger partial charge is 0.208 e. The summed E-state index contributed by atoms with van der Waals surface area (Å²) in [7, 11) is 2.02. The van der Waals surface area contributed by atoms with Gasteiger partial charge in [-0.05, 0) is 47.1 Å². The van der Waals surface area contributed by atoms with E-state index in [4.69, 9.17) is 4.42 Å². The van der Waals surface area contributed by atoms with E-state index < -0.39 is 0 Å². The van der Waals surface area contributed by atoms with E-state index in [9.17, 15) is 0 Å². The maximum Gasteiger partial charge on any atom is 0.208 e. The second kappa shape index (κ2) is 5.30. The summed E-state index contributed by atoms with van der Waals surface area (Å²) in [5, 5.41) is 4.57. The molecule has 1 atom stereocenters. The van der Waals surface area contributed by atoms with Crippen molar-refractivity contribution in [1.29, 1.82) is 0 Å². The van der Waals surface area contributed by atoms with Gasteiger partial charge in [-0.3, -0.25) is 9.58 Å². The van der Waals surface area contributed by atoms with Crippen LogP contribution in [0.1, 0.15) is 53.2 Å². The predicted octanol–water partition coefficient (Wildman–Crippen LogP) is 2.98. The fraction of sp³-hybridized carbons (Fsp3) is 0.625. The lowest BCUT2D eigenvalue weighted by Gasteiger charge is -2.23. The molecular formula is C16H24N4O. The van der Waals surface area contributed by atoms with Gasteiger partial charge in [-0.25, -0.2) is 4.98 Å². The number of aryl methyl sites for hydroxylation is 4. The van der Waals surface area contributed by atoms with Crippen molar-refractivity contribution in [2.75, 3.05) is 6.54 Å². The van der Waals surface area contributed by atoms with Crippen molar-refractivity contribution in [3.63, 3.8) is 0 Å². The molecule has 2 aromatic heterocycles. The lowest BCUT2D eigenvalue weighted by molar-refractivity contribution is 0.221. The summed E-state index contributed by atoms with van der Waals surface area (Å²) in [5.74, 6) is 1.76. The lowest BCUT2D eigenvalue weighted by atomic mass is 10.0. The number of aromatic nitrogens is 3. The van der Waals surface area contributed by atoms with E-state index in [0.717, 1.165) is 36.1 Å². The standard InChI is InChI=1S/C16H24N4O/c1-10-13(4)21-15(17-10)9-20-8-6-7-14(20)16-11(2)18-19(5)12(16)3/h14H,6-9H2,1-5H3/t14-/m1/s1. The molecule has 0 amide bonds. The third kappa shape index (κ3) is 2.50. The molecule has 1 aliphatic rings. The zero-order chi connectivity index (χ0) is 15.1. The van der Waals surface area contributed by atoms with Gasteiger partial charge in [0.15, 0.2) is 0 Å². The number of hydrogen-bond acceptors (Lipinski definition) is 4. The molecule has 5 heteroatoms.